The SMILES string of the molecule is Cc1nn(-c2ccc(Cl)cc2)c(C)c1CC(=O)Nc1cccc(C2SCCS2)c1. The fourth-order valence-electron chi connectivity index (χ4n) is 3.44. The molecule has 7 heteroatoms. The van der Waals surface area contributed by atoms with E-state index in [2.05, 4.69) is 22.5 Å². The average molecular weight is 444 g/mol. The number of carbonyl (C=O) groups excluding carboxylic acids is 1. The Morgan fingerprint density at radius 1 is 1.17 bits per heavy atom. The average Bonchev–Trinajstić information content (AvgIpc) is 3.33. The smallest absolute Gasteiger partial charge is 0.228 e. The lowest BCUT2D eigenvalue weighted by Crippen LogP contribution is -2.15. The van der Waals surface area contributed by atoms with E-state index in [1.165, 1.54) is 17.1 Å². The minimum Gasteiger partial charge on any atom is -0.326 e. The summed E-state index contributed by atoms with van der Waals surface area (Å²) in [4.78, 5) is 12.7. The van der Waals surface area contributed by atoms with E-state index < -0.39 is 0 Å². The van der Waals surface area contributed by atoms with Crippen LogP contribution in [0.5, 0.6) is 0 Å². The first-order valence-electron chi connectivity index (χ1n) is 9.45. The topological polar surface area (TPSA) is 46.9 Å². The Morgan fingerprint density at radius 2 is 1.90 bits per heavy atom. The number of aryl methyl sites for hydroxylation is 1. The van der Waals surface area contributed by atoms with Crippen molar-refractivity contribution in [1.82, 2.24) is 9.78 Å². The van der Waals surface area contributed by atoms with Gasteiger partial charge in [-0.3, -0.25) is 4.79 Å². The maximum atomic E-state index is 12.7. The molecule has 1 aromatic heterocycles. The molecule has 3 aromatic rings. The molecule has 1 amide bonds. The summed E-state index contributed by atoms with van der Waals surface area (Å²) in [6.45, 7) is 3.93. The third-order valence-corrected chi connectivity index (χ3v) is 8.27. The monoisotopic (exact) mass is 443 g/mol. The normalized spacial score (nSPS) is 14.3. The number of aromatic nitrogens is 2. The highest BCUT2D eigenvalue weighted by Crippen LogP contribution is 2.45. The van der Waals surface area contributed by atoms with Crippen LogP contribution >= 0.6 is 35.1 Å². The van der Waals surface area contributed by atoms with Crippen molar-refractivity contribution < 1.29 is 4.79 Å². The molecule has 0 saturated carbocycles. The van der Waals surface area contributed by atoms with Crippen LogP contribution in [0, 0.1) is 13.8 Å². The van der Waals surface area contributed by atoms with Crippen LogP contribution in [0.1, 0.15) is 27.1 Å². The summed E-state index contributed by atoms with van der Waals surface area (Å²) in [7, 11) is 0. The van der Waals surface area contributed by atoms with Crippen molar-refractivity contribution in [2.75, 3.05) is 16.8 Å². The quantitative estimate of drug-likeness (QED) is 0.541. The highest BCUT2D eigenvalue weighted by Gasteiger charge is 2.19. The lowest BCUT2D eigenvalue weighted by Gasteiger charge is -2.11. The lowest BCUT2D eigenvalue weighted by molar-refractivity contribution is -0.115. The van der Waals surface area contributed by atoms with Gasteiger partial charge in [-0.15, -0.1) is 23.5 Å². The van der Waals surface area contributed by atoms with Gasteiger partial charge in [-0.25, -0.2) is 4.68 Å². The Labute approximate surface area is 184 Å². The molecule has 1 saturated heterocycles. The van der Waals surface area contributed by atoms with Gasteiger partial charge in [0.15, 0.2) is 0 Å². The lowest BCUT2D eigenvalue weighted by atomic mass is 10.1. The molecule has 0 atom stereocenters. The summed E-state index contributed by atoms with van der Waals surface area (Å²) in [5, 5.41) is 8.36. The molecule has 0 aliphatic carbocycles. The number of benzene rings is 2. The van der Waals surface area contributed by atoms with Gasteiger partial charge in [-0.1, -0.05) is 23.7 Å². The second-order valence-electron chi connectivity index (χ2n) is 6.96. The molecule has 4 rings (SSSR count). The molecule has 1 fully saturated rings. The molecule has 1 aliphatic rings. The molecule has 4 nitrogen and oxygen atoms in total. The minimum atomic E-state index is -0.0317. The maximum Gasteiger partial charge on any atom is 0.228 e. The first-order chi connectivity index (χ1) is 14.0. The van der Waals surface area contributed by atoms with Crippen molar-refractivity contribution in [3.05, 3.63) is 76.1 Å². The largest absolute Gasteiger partial charge is 0.326 e. The van der Waals surface area contributed by atoms with Gasteiger partial charge in [0.25, 0.3) is 0 Å². The van der Waals surface area contributed by atoms with Crippen LogP contribution in [0.2, 0.25) is 5.02 Å². The van der Waals surface area contributed by atoms with Gasteiger partial charge in [-0.2, -0.15) is 5.10 Å². The van der Waals surface area contributed by atoms with Crippen LogP contribution in [0.15, 0.2) is 48.5 Å². The molecule has 150 valence electrons. The summed E-state index contributed by atoms with van der Waals surface area (Å²) >= 11 is 9.91. The fourth-order valence-corrected chi connectivity index (χ4v) is 6.41. The number of anilines is 1. The van der Waals surface area contributed by atoms with Crippen molar-refractivity contribution >= 4 is 46.7 Å². The van der Waals surface area contributed by atoms with E-state index in [9.17, 15) is 4.79 Å². The van der Waals surface area contributed by atoms with Crippen molar-refractivity contribution in [2.24, 2.45) is 0 Å². The molecule has 2 aromatic carbocycles. The zero-order valence-corrected chi connectivity index (χ0v) is 18.7. The Kier molecular flexibility index (Phi) is 6.23. The van der Waals surface area contributed by atoms with Gasteiger partial charge in [0, 0.05) is 33.5 Å². The van der Waals surface area contributed by atoms with Crippen molar-refractivity contribution in [2.45, 2.75) is 24.9 Å². The van der Waals surface area contributed by atoms with Gasteiger partial charge in [0.2, 0.25) is 5.91 Å². The van der Waals surface area contributed by atoms with Crippen LogP contribution in [-0.4, -0.2) is 27.2 Å². The van der Waals surface area contributed by atoms with Gasteiger partial charge < -0.3 is 5.32 Å². The molecule has 1 N–H and O–H groups in total. The van der Waals surface area contributed by atoms with E-state index >= 15 is 0 Å². The standard InChI is InChI=1S/C22H22ClN3OS2/c1-14-20(15(2)26(25-14)19-8-6-17(23)7-9-19)13-21(27)24-18-5-3-4-16(12-18)22-28-10-11-29-22/h3-9,12,22H,10-11,13H2,1-2H3,(H,24,27). The first-order valence-corrected chi connectivity index (χ1v) is 11.9. The number of thioether (sulfide) groups is 2. The van der Waals surface area contributed by atoms with Gasteiger partial charge in [0.05, 0.1) is 22.4 Å². The molecule has 0 radical (unpaired) electrons. The number of nitrogens with one attached hydrogen (secondary N) is 1. The molecule has 29 heavy (non-hydrogen) atoms. The highest BCUT2D eigenvalue weighted by molar-refractivity contribution is 8.19. The van der Waals surface area contributed by atoms with Crippen LogP contribution in [0.25, 0.3) is 5.69 Å². The predicted molar refractivity (Wildman–Crippen MR) is 124 cm³/mol. The van der Waals surface area contributed by atoms with Crippen LogP contribution in [0.4, 0.5) is 5.69 Å². The Bertz CT molecular complexity index is 1030. The van der Waals surface area contributed by atoms with E-state index in [-0.39, 0.29) is 5.91 Å². The zero-order chi connectivity index (χ0) is 20.4. The number of amides is 1. The minimum absolute atomic E-state index is 0.0317. The Hall–Kier alpha value is -1.89. The van der Waals surface area contributed by atoms with Gasteiger partial charge in [0.1, 0.15) is 0 Å². The van der Waals surface area contributed by atoms with E-state index in [4.69, 9.17) is 11.6 Å². The van der Waals surface area contributed by atoms with Crippen molar-refractivity contribution in [3.63, 3.8) is 0 Å². The van der Waals surface area contributed by atoms with Crippen LogP contribution in [0.3, 0.4) is 0 Å². The summed E-state index contributed by atoms with van der Waals surface area (Å²) in [6, 6.07) is 15.7. The van der Waals surface area contributed by atoms with E-state index in [1.54, 1.807) is 0 Å². The van der Waals surface area contributed by atoms with Gasteiger partial charge in [-0.05, 0) is 55.8 Å². The first kappa shape index (κ1) is 20.4. The number of halogens is 1. The van der Waals surface area contributed by atoms with Gasteiger partial charge >= 0.3 is 0 Å². The predicted octanol–water partition coefficient (Wildman–Crippen LogP) is 5.80. The maximum absolute atomic E-state index is 12.7. The van der Waals surface area contributed by atoms with Crippen LogP contribution < -0.4 is 5.32 Å². The third kappa shape index (κ3) is 4.65. The molecule has 0 spiro atoms. The summed E-state index contributed by atoms with van der Waals surface area (Å²) < 4.78 is 2.33. The number of nitrogens with zero attached hydrogens (tertiary/aromatic N) is 2. The second-order valence-corrected chi connectivity index (χ2v) is 10.1. The summed E-state index contributed by atoms with van der Waals surface area (Å²) in [5.74, 6) is 2.33. The fraction of sp³-hybridized carbons (Fsp3) is 0.273. The molecule has 0 unspecified atom stereocenters. The molecular weight excluding hydrogens is 422 g/mol. The van der Waals surface area contributed by atoms with Crippen LogP contribution in [-0.2, 0) is 11.2 Å². The molecule has 0 bridgehead atoms. The number of rotatable bonds is 5. The second kappa shape index (κ2) is 8.86. The Balaban J connectivity index is 1.49. The Morgan fingerprint density at radius 3 is 2.62 bits per heavy atom. The van der Waals surface area contributed by atoms with E-state index in [0.29, 0.717) is 16.0 Å². The molecule has 2 heterocycles. The number of hydrogen-bond acceptors (Lipinski definition) is 4. The van der Waals surface area contributed by atoms with E-state index in [1.807, 2.05) is 78.5 Å². The summed E-state index contributed by atoms with van der Waals surface area (Å²) in [6.07, 6.45) is 0.294. The number of carbonyl (C=O) groups is 1. The molecule has 1 aliphatic heterocycles. The van der Waals surface area contributed by atoms with Crippen molar-refractivity contribution in [3.8, 4) is 5.69 Å². The summed E-state index contributed by atoms with van der Waals surface area (Å²) in [5.41, 5.74) is 5.82. The van der Waals surface area contributed by atoms with Crippen molar-refractivity contribution in [1.29, 1.82) is 0 Å². The van der Waals surface area contributed by atoms with E-state index in [0.717, 1.165) is 28.3 Å². The zero-order valence-electron chi connectivity index (χ0n) is 16.3. The number of hydrogen-bond donors (Lipinski definition) is 1. The molecular formula is C22H22ClN3OS2. The highest BCUT2D eigenvalue weighted by atomic mass is 35.5. The third-order valence-electron chi connectivity index (χ3n) is 4.91.